The van der Waals surface area contributed by atoms with Crippen molar-refractivity contribution in [3.8, 4) is 0 Å². The Labute approximate surface area is 84.8 Å². The summed E-state index contributed by atoms with van der Waals surface area (Å²) in [6.07, 6.45) is 2.09. The van der Waals surface area contributed by atoms with E-state index in [1.165, 1.54) is 0 Å². The molecule has 0 spiro atoms. The summed E-state index contributed by atoms with van der Waals surface area (Å²) in [6.45, 7) is 7.30. The second-order valence-electron chi connectivity index (χ2n) is 3.78. The minimum absolute atomic E-state index is 0.140. The van der Waals surface area contributed by atoms with Crippen LogP contribution in [0.2, 0.25) is 0 Å². The van der Waals surface area contributed by atoms with Gasteiger partial charge in [-0.2, -0.15) is 0 Å². The first-order valence-electron chi connectivity index (χ1n) is 4.88. The van der Waals surface area contributed by atoms with E-state index in [2.05, 4.69) is 16.4 Å². The zero-order valence-electron chi connectivity index (χ0n) is 8.65. The van der Waals surface area contributed by atoms with E-state index in [0.717, 1.165) is 26.2 Å². The van der Waals surface area contributed by atoms with Crippen molar-refractivity contribution in [3.63, 3.8) is 0 Å². The molecule has 0 aliphatic carbocycles. The molecule has 1 unspecified atom stereocenters. The van der Waals surface area contributed by atoms with Crippen LogP contribution in [0.3, 0.4) is 0 Å². The summed E-state index contributed by atoms with van der Waals surface area (Å²) in [5.74, 6) is -0.720. The van der Waals surface area contributed by atoms with Gasteiger partial charge in [0.2, 0.25) is 0 Å². The number of carboxylic acids is 1. The summed E-state index contributed by atoms with van der Waals surface area (Å²) >= 11 is 0. The van der Waals surface area contributed by atoms with E-state index in [-0.39, 0.29) is 12.5 Å². The number of likely N-dealkylation sites (N-methyl/N-ethyl adjacent to an activating group) is 1. The minimum atomic E-state index is -0.720. The zero-order valence-corrected chi connectivity index (χ0v) is 8.65. The Morgan fingerprint density at radius 1 is 1.64 bits per heavy atom. The number of carbonyl (C=O) groups is 1. The maximum Gasteiger partial charge on any atom is 0.304 e. The molecule has 1 saturated heterocycles. The highest BCUT2D eigenvalue weighted by atomic mass is 16.4. The molecule has 80 valence electrons. The van der Waals surface area contributed by atoms with Crippen molar-refractivity contribution in [2.45, 2.75) is 12.5 Å². The van der Waals surface area contributed by atoms with E-state index in [1.54, 1.807) is 0 Å². The molecule has 1 heterocycles. The van der Waals surface area contributed by atoms with Crippen LogP contribution < -0.4 is 0 Å². The lowest BCUT2D eigenvalue weighted by molar-refractivity contribution is -0.138. The molecular weight excluding hydrogens is 180 g/mol. The lowest BCUT2D eigenvalue weighted by atomic mass is 10.1. The predicted molar refractivity (Wildman–Crippen MR) is 55.3 cm³/mol. The number of piperazine rings is 1. The molecule has 14 heavy (non-hydrogen) atoms. The summed E-state index contributed by atoms with van der Waals surface area (Å²) in [4.78, 5) is 15.0. The van der Waals surface area contributed by atoms with Gasteiger partial charge in [-0.25, -0.2) is 0 Å². The molecule has 0 aromatic carbocycles. The largest absolute Gasteiger partial charge is 0.481 e. The van der Waals surface area contributed by atoms with Crippen LogP contribution in [0.15, 0.2) is 12.7 Å². The van der Waals surface area contributed by atoms with E-state index in [9.17, 15) is 4.79 Å². The van der Waals surface area contributed by atoms with Crippen LogP contribution in [-0.4, -0.2) is 60.1 Å². The SMILES string of the molecule is C=CCN1CCN(C)C(CC(=O)O)C1. The molecule has 0 saturated carbocycles. The van der Waals surface area contributed by atoms with Crippen LogP contribution in [0.1, 0.15) is 6.42 Å². The summed E-state index contributed by atoms with van der Waals surface area (Å²) in [6, 6.07) is 0.140. The highest BCUT2D eigenvalue weighted by Gasteiger charge is 2.25. The van der Waals surface area contributed by atoms with Crippen molar-refractivity contribution >= 4 is 5.97 Å². The van der Waals surface area contributed by atoms with Crippen molar-refractivity contribution in [1.29, 1.82) is 0 Å². The van der Waals surface area contributed by atoms with Gasteiger partial charge in [0.25, 0.3) is 0 Å². The summed E-state index contributed by atoms with van der Waals surface area (Å²) in [5.41, 5.74) is 0. The fraction of sp³-hybridized carbons (Fsp3) is 0.700. The lowest BCUT2D eigenvalue weighted by Crippen LogP contribution is -2.51. The number of rotatable bonds is 4. The molecule has 1 aliphatic heterocycles. The Kier molecular flexibility index (Phi) is 4.10. The van der Waals surface area contributed by atoms with Crippen LogP contribution in [0.5, 0.6) is 0 Å². The Morgan fingerprint density at radius 3 is 2.93 bits per heavy atom. The molecule has 1 rings (SSSR count). The molecular formula is C10H18N2O2. The van der Waals surface area contributed by atoms with Gasteiger partial charge in [-0.1, -0.05) is 6.08 Å². The number of nitrogens with zero attached hydrogens (tertiary/aromatic N) is 2. The van der Waals surface area contributed by atoms with Gasteiger partial charge >= 0.3 is 5.97 Å². The average molecular weight is 198 g/mol. The van der Waals surface area contributed by atoms with E-state index in [4.69, 9.17) is 5.11 Å². The van der Waals surface area contributed by atoms with Crippen LogP contribution in [0.25, 0.3) is 0 Å². The molecule has 1 N–H and O–H groups in total. The maximum absolute atomic E-state index is 10.6. The highest BCUT2D eigenvalue weighted by molar-refractivity contribution is 5.67. The topological polar surface area (TPSA) is 43.8 Å². The molecule has 4 nitrogen and oxygen atoms in total. The molecule has 0 bridgehead atoms. The monoisotopic (exact) mass is 198 g/mol. The minimum Gasteiger partial charge on any atom is -0.481 e. The van der Waals surface area contributed by atoms with E-state index in [1.807, 2.05) is 13.1 Å². The quantitative estimate of drug-likeness (QED) is 0.658. The Hall–Kier alpha value is -0.870. The first-order valence-corrected chi connectivity index (χ1v) is 4.88. The van der Waals surface area contributed by atoms with E-state index < -0.39 is 5.97 Å². The molecule has 0 radical (unpaired) electrons. The van der Waals surface area contributed by atoms with Crippen LogP contribution in [-0.2, 0) is 4.79 Å². The van der Waals surface area contributed by atoms with Crippen LogP contribution >= 0.6 is 0 Å². The summed E-state index contributed by atoms with van der Waals surface area (Å²) in [5, 5.41) is 8.73. The maximum atomic E-state index is 10.6. The Bertz CT molecular complexity index is 218. The van der Waals surface area contributed by atoms with Crippen molar-refractivity contribution in [3.05, 3.63) is 12.7 Å². The van der Waals surface area contributed by atoms with Crippen molar-refractivity contribution in [2.24, 2.45) is 0 Å². The number of aliphatic carboxylic acids is 1. The molecule has 1 fully saturated rings. The zero-order chi connectivity index (χ0) is 10.6. The highest BCUT2D eigenvalue weighted by Crippen LogP contribution is 2.10. The smallest absolute Gasteiger partial charge is 0.304 e. The van der Waals surface area contributed by atoms with Gasteiger partial charge in [0.05, 0.1) is 6.42 Å². The predicted octanol–water partition coefficient (Wildman–Crippen LogP) is 0.263. The van der Waals surface area contributed by atoms with Crippen molar-refractivity contribution < 1.29 is 9.90 Å². The van der Waals surface area contributed by atoms with Crippen LogP contribution in [0, 0.1) is 0 Å². The Balaban J connectivity index is 2.45. The van der Waals surface area contributed by atoms with E-state index >= 15 is 0 Å². The fourth-order valence-corrected chi connectivity index (χ4v) is 1.78. The molecule has 1 aliphatic rings. The fourth-order valence-electron chi connectivity index (χ4n) is 1.78. The van der Waals surface area contributed by atoms with Gasteiger partial charge in [0.15, 0.2) is 0 Å². The third kappa shape index (κ3) is 3.12. The van der Waals surface area contributed by atoms with Gasteiger partial charge in [0, 0.05) is 32.2 Å². The molecule has 0 amide bonds. The van der Waals surface area contributed by atoms with Gasteiger partial charge < -0.3 is 10.0 Å². The third-order valence-corrected chi connectivity index (χ3v) is 2.66. The molecule has 0 aromatic rings. The first kappa shape index (κ1) is 11.2. The van der Waals surface area contributed by atoms with Crippen LogP contribution in [0.4, 0.5) is 0 Å². The van der Waals surface area contributed by atoms with Crippen molar-refractivity contribution in [1.82, 2.24) is 9.80 Å². The lowest BCUT2D eigenvalue weighted by Gasteiger charge is -2.38. The second kappa shape index (κ2) is 5.12. The number of hydrogen-bond acceptors (Lipinski definition) is 3. The third-order valence-electron chi connectivity index (χ3n) is 2.66. The molecule has 4 heteroatoms. The standard InChI is InChI=1S/C10H18N2O2/c1-3-4-12-6-5-11(2)9(8-12)7-10(13)14/h3,9H,1,4-8H2,2H3,(H,13,14). The Morgan fingerprint density at radius 2 is 2.36 bits per heavy atom. The normalized spacial score (nSPS) is 24.8. The second-order valence-corrected chi connectivity index (χ2v) is 3.78. The average Bonchev–Trinajstić information content (AvgIpc) is 2.10. The van der Waals surface area contributed by atoms with E-state index in [0.29, 0.717) is 0 Å². The van der Waals surface area contributed by atoms with Crippen molar-refractivity contribution in [2.75, 3.05) is 33.2 Å². The van der Waals surface area contributed by atoms with Gasteiger partial charge in [-0.15, -0.1) is 6.58 Å². The van der Waals surface area contributed by atoms with Gasteiger partial charge in [-0.05, 0) is 7.05 Å². The summed E-state index contributed by atoms with van der Waals surface area (Å²) in [7, 11) is 1.98. The summed E-state index contributed by atoms with van der Waals surface area (Å²) < 4.78 is 0. The molecule has 1 atom stereocenters. The number of carboxylic acid groups (broad SMARTS) is 1. The first-order chi connectivity index (χ1) is 6.63. The van der Waals surface area contributed by atoms with Gasteiger partial charge in [-0.3, -0.25) is 9.69 Å². The molecule has 0 aromatic heterocycles. The van der Waals surface area contributed by atoms with Gasteiger partial charge in [0.1, 0.15) is 0 Å². The number of hydrogen-bond donors (Lipinski definition) is 1.